The van der Waals surface area contributed by atoms with Crippen molar-refractivity contribution in [2.45, 2.75) is 26.9 Å². The zero-order valence-corrected chi connectivity index (χ0v) is 16.4. The van der Waals surface area contributed by atoms with Gasteiger partial charge in [0.1, 0.15) is 17.0 Å². The van der Waals surface area contributed by atoms with Gasteiger partial charge >= 0.3 is 0 Å². The number of nitrogens with zero attached hydrogens (tertiary/aromatic N) is 5. The summed E-state index contributed by atoms with van der Waals surface area (Å²) in [5, 5.41) is 8.38. The number of rotatable bonds is 4. The highest BCUT2D eigenvalue weighted by molar-refractivity contribution is 5.94. The summed E-state index contributed by atoms with van der Waals surface area (Å²) in [6.45, 7) is 5.65. The number of hydrogen-bond donors (Lipinski definition) is 1. The monoisotopic (exact) mass is 372 g/mol. The molecule has 0 radical (unpaired) electrons. The van der Waals surface area contributed by atoms with Gasteiger partial charge in [-0.15, -0.1) is 0 Å². The van der Waals surface area contributed by atoms with Crippen LogP contribution in [0.1, 0.15) is 19.4 Å². The lowest BCUT2D eigenvalue weighted by atomic mass is 10.2. The fourth-order valence-corrected chi connectivity index (χ4v) is 3.53. The van der Waals surface area contributed by atoms with E-state index in [4.69, 9.17) is 5.41 Å². The highest BCUT2D eigenvalue weighted by Crippen LogP contribution is 2.28. The molecule has 0 aliphatic carbocycles. The number of aromatic nitrogens is 4. The van der Waals surface area contributed by atoms with Crippen molar-refractivity contribution >= 4 is 16.9 Å². The van der Waals surface area contributed by atoms with Gasteiger partial charge in [0.2, 0.25) is 0 Å². The molecule has 0 atom stereocenters. The molecular formula is C22H24N6. The second-order valence-corrected chi connectivity index (χ2v) is 6.79. The van der Waals surface area contributed by atoms with Crippen LogP contribution < -0.4 is 5.49 Å². The summed E-state index contributed by atoms with van der Waals surface area (Å²) in [6, 6.07) is 16.4. The second-order valence-electron chi connectivity index (χ2n) is 6.79. The minimum Gasteiger partial charge on any atom is -0.337 e. The molecule has 3 heterocycles. The maximum atomic E-state index is 8.38. The lowest BCUT2D eigenvalue weighted by Gasteiger charge is -2.11. The second kappa shape index (κ2) is 7.31. The minimum absolute atomic E-state index is 0.415. The largest absolute Gasteiger partial charge is 0.337 e. The molecule has 142 valence electrons. The van der Waals surface area contributed by atoms with E-state index in [1.165, 1.54) is 5.56 Å². The fraction of sp³-hybridized carbons (Fsp3) is 0.227. The number of benzene rings is 1. The summed E-state index contributed by atoms with van der Waals surface area (Å²) in [6.07, 6.45) is 3.94. The third-order valence-electron chi connectivity index (χ3n) is 5.09. The SMILES string of the molecule is CCn1cnc(-c2cc3c(ccc(=N)n3C(C)=NC)n2Cc2ccccc2)c1. The molecule has 0 amide bonds. The van der Waals surface area contributed by atoms with Gasteiger partial charge in [0.05, 0.1) is 23.1 Å². The molecule has 3 aromatic heterocycles. The number of imidazole rings is 1. The molecule has 0 aliphatic heterocycles. The number of hydrogen-bond acceptors (Lipinski definition) is 3. The van der Waals surface area contributed by atoms with Gasteiger partial charge in [-0.1, -0.05) is 30.3 Å². The molecule has 6 heteroatoms. The summed E-state index contributed by atoms with van der Waals surface area (Å²) >= 11 is 0. The Morgan fingerprint density at radius 2 is 1.89 bits per heavy atom. The van der Waals surface area contributed by atoms with Crippen molar-refractivity contribution in [2.75, 3.05) is 7.05 Å². The van der Waals surface area contributed by atoms with E-state index in [1.807, 2.05) is 36.0 Å². The molecule has 4 rings (SSSR count). The Labute approximate surface area is 163 Å². The Morgan fingerprint density at radius 1 is 1.11 bits per heavy atom. The van der Waals surface area contributed by atoms with Crippen LogP contribution in [0.4, 0.5) is 0 Å². The van der Waals surface area contributed by atoms with Gasteiger partial charge in [-0.25, -0.2) is 4.98 Å². The zero-order valence-electron chi connectivity index (χ0n) is 16.4. The average Bonchev–Trinajstić information content (AvgIpc) is 3.33. The van der Waals surface area contributed by atoms with Gasteiger partial charge in [0.25, 0.3) is 0 Å². The Morgan fingerprint density at radius 3 is 2.57 bits per heavy atom. The van der Waals surface area contributed by atoms with Crippen LogP contribution >= 0.6 is 0 Å². The number of fused-ring (bicyclic) bond motifs is 1. The number of pyridine rings is 1. The molecule has 28 heavy (non-hydrogen) atoms. The lowest BCUT2D eigenvalue weighted by molar-refractivity contribution is 0.761. The molecule has 0 fully saturated rings. The third-order valence-corrected chi connectivity index (χ3v) is 5.09. The van der Waals surface area contributed by atoms with Crippen molar-refractivity contribution < 1.29 is 0 Å². The summed E-state index contributed by atoms with van der Waals surface area (Å²) in [5.41, 5.74) is 5.63. The van der Waals surface area contributed by atoms with Crippen molar-refractivity contribution in [1.82, 2.24) is 18.7 Å². The number of nitrogens with one attached hydrogen (secondary N) is 1. The maximum absolute atomic E-state index is 8.38. The van der Waals surface area contributed by atoms with Crippen molar-refractivity contribution in [1.29, 1.82) is 5.41 Å². The molecule has 0 aliphatic rings. The van der Waals surface area contributed by atoms with E-state index in [0.29, 0.717) is 5.49 Å². The van der Waals surface area contributed by atoms with Gasteiger partial charge in [-0.3, -0.25) is 15.0 Å². The highest BCUT2D eigenvalue weighted by atomic mass is 15.1. The van der Waals surface area contributed by atoms with Gasteiger partial charge in [0.15, 0.2) is 0 Å². The van der Waals surface area contributed by atoms with E-state index in [9.17, 15) is 0 Å². The van der Waals surface area contributed by atoms with E-state index in [0.717, 1.165) is 41.3 Å². The Hall–Kier alpha value is -3.41. The molecule has 1 N–H and O–H groups in total. The smallest absolute Gasteiger partial charge is 0.130 e. The van der Waals surface area contributed by atoms with E-state index < -0.39 is 0 Å². The molecule has 0 unspecified atom stereocenters. The van der Waals surface area contributed by atoms with E-state index in [1.54, 1.807) is 7.05 Å². The Balaban J connectivity index is 2.00. The topological polar surface area (TPSA) is 63.9 Å². The molecule has 0 saturated carbocycles. The van der Waals surface area contributed by atoms with Gasteiger partial charge in [-0.05, 0) is 37.6 Å². The van der Waals surface area contributed by atoms with E-state index in [2.05, 4.69) is 62.6 Å². The fourth-order valence-electron chi connectivity index (χ4n) is 3.53. The first kappa shape index (κ1) is 18.0. The van der Waals surface area contributed by atoms with Crippen molar-refractivity contribution in [3.8, 4) is 11.4 Å². The highest BCUT2D eigenvalue weighted by Gasteiger charge is 2.16. The quantitative estimate of drug-likeness (QED) is 0.430. The van der Waals surface area contributed by atoms with Crippen LogP contribution in [0.2, 0.25) is 0 Å². The molecular weight excluding hydrogens is 348 g/mol. The normalized spacial score (nSPS) is 12.0. The third kappa shape index (κ3) is 3.07. The van der Waals surface area contributed by atoms with Gasteiger partial charge < -0.3 is 9.13 Å². The van der Waals surface area contributed by atoms with Crippen LogP contribution in [0, 0.1) is 5.41 Å². The van der Waals surface area contributed by atoms with Crippen LogP contribution in [-0.4, -0.2) is 31.6 Å². The Kier molecular flexibility index (Phi) is 4.69. The number of aliphatic imine (C=N–C) groups is 1. The molecule has 0 saturated heterocycles. The van der Waals surface area contributed by atoms with E-state index in [-0.39, 0.29) is 0 Å². The summed E-state index contributed by atoms with van der Waals surface area (Å²) < 4.78 is 6.23. The summed E-state index contributed by atoms with van der Waals surface area (Å²) in [5.74, 6) is 0.790. The van der Waals surface area contributed by atoms with Crippen LogP contribution in [0.5, 0.6) is 0 Å². The molecule has 1 aromatic carbocycles. The van der Waals surface area contributed by atoms with Crippen LogP contribution in [0.25, 0.3) is 22.4 Å². The van der Waals surface area contributed by atoms with E-state index >= 15 is 0 Å². The van der Waals surface area contributed by atoms with Gasteiger partial charge in [0, 0.05) is 26.3 Å². The van der Waals surface area contributed by atoms with Crippen LogP contribution in [-0.2, 0) is 13.1 Å². The molecule has 6 nitrogen and oxygen atoms in total. The number of aryl methyl sites for hydroxylation is 1. The average molecular weight is 372 g/mol. The maximum Gasteiger partial charge on any atom is 0.130 e. The minimum atomic E-state index is 0.415. The molecule has 0 bridgehead atoms. The predicted octanol–water partition coefficient (Wildman–Crippen LogP) is 3.75. The predicted molar refractivity (Wildman–Crippen MR) is 113 cm³/mol. The van der Waals surface area contributed by atoms with Crippen LogP contribution in [0.15, 0.2) is 66.0 Å². The van der Waals surface area contributed by atoms with Gasteiger partial charge in [-0.2, -0.15) is 0 Å². The summed E-state index contributed by atoms with van der Waals surface area (Å²) in [7, 11) is 1.76. The summed E-state index contributed by atoms with van der Waals surface area (Å²) in [4.78, 5) is 8.94. The van der Waals surface area contributed by atoms with Crippen molar-refractivity contribution in [3.05, 3.63) is 72.1 Å². The zero-order chi connectivity index (χ0) is 19.7. The van der Waals surface area contributed by atoms with Crippen LogP contribution in [0.3, 0.4) is 0 Å². The standard InChI is InChI=1S/C22H24N6/c1-4-26-14-18(25-15-26)20-12-21-19(10-11-22(23)28(21)16(2)24-3)27(20)13-17-8-6-5-7-9-17/h5-12,14-15,23H,4,13H2,1-3H3. The molecule has 4 aromatic rings. The first-order valence-corrected chi connectivity index (χ1v) is 9.42. The first-order valence-electron chi connectivity index (χ1n) is 9.42. The molecule has 0 spiro atoms. The lowest BCUT2D eigenvalue weighted by Crippen LogP contribution is -2.24. The van der Waals surface area contributed by atoms with Crippen molar-refractivity contribution in [2.24, 2.45) is 4.99 Å². The first-order chi connectivity index (χ1) is 13.6. The Bertz CT molecular complexity index is 1210. The van der Waals surface area contributed by atoms with Crippen molar-refractivity contribution in [3.63, 3.8) is 0 Å².